The average Bonchev–Trinajstić information content (AvgIpc) is 3.29. The topological polar surface area (TPSA) is 62.7 Å². The fourth-order valence-corrected chi connectivity index (χ4v) is 7.13. The van der Waals surface area contributed by atoms with Crippen molar-refractivity contribution in [2.75, 3.05) is 37.7 Å². The first-order valence-electron chi connectivity index (χ1n) is 11.2. The molecule has 0 radical (unpaired) electrons. The summed E-state index contributed by atoms with van der Waals surface area (Å²) >= 11 is 1.59. The summed E-state index contributed by atoms with van der Waals surface area (Å²) in [6.07, 6.45) is 0. The van der Waals surface area contributed by atoms with Gasteiger partial charge < -0.3 is 9.64 Å². The number of hydrogen-bond acceptors (Lipinski definition) is 6. The summed E-state index contributed by atoms with van der Waals surface area (Å²) < 4.78 is 34.2. The van der Waals surface area contributed by atoms with Gasteiger partial charge in [-0.1, -0.05) is 6.07 Å². The van der Waals surface area contributed by atoms with Gasteiger partial charge in [0.15, 0.2) is 5.13 Å². The molecule has 176 valence electrons. The number of benzene rings is 2. The Bertz CT molecular complexity index is 1220. The van der Waals surface area contributed by atoms with Crippen molar-refractivity contribution in [1.82, 2.24) is 9.29 Å². The van der Waals surface area contributed by atoms with Crippen LogP contribution >= 0.6 is 11.3 Å². The van der Waals surface area contributed by atoms with Gasteiger partial charge in [0.2, 0.25) is 10.0 Å². The first-order valence-corrected chi connectivity index (χ1v) is 13.6. The van der Waals surface area contributed by atoms with Crippen molar-refractivity contribution in [1.29, 1.82) is 0 Å². The third-order valence-corrected chi connectivity index (χ3v) is 9.43. The van der Waals surface area contributed by atoms with E-state index in [4.69, 9.17) is 9.72 Å². The number of piperazine rings is 1. The van der Waals surface area contributed by atoms with E-state index in [-0.39, 0.29) is 0 Å². The minimum Gasteiger partial charge on any atom is -0.494 e. The Hall–Kier alpha value is -2.42. The number of aromatic nitrogens is 1. The van der Waals surface area contributed by atoms with Crippen LogP contribution in [0, 0.1) is 27.7 Å². The second-order valence-corrected chi connectivity index (χ2v) is 11.2. The van der Waals surface area contributed by atoms with E-state index in [1.54, 1.807) is 15.6 Å². The van der Waals surface area contributed by atoms with E-state index < -0.39 is 10.0 Å². The Balaban J connectivity index is 1.48. The van der Waals surface area contributed by atoms with E-state index in [1.165, 1.54) is 0 Å². The second kappa shape index (κ2) is 9.44. The highest BCUT2D eigenvalue weighted by Crippen LogP contribution is 2.32. The standard InChI is InChI=1S/C25H31N3O3S2/c1-6-31-22-9-7-21(8-10-22)23-16-32-25(26-23)27-11-13-28(14-12-27)33(29,30)24-19(4)17(2)15-18(3)20(24)5/h7-10,15-16H,6,11-14H2,1-5H3. The van der Waals surface area contributed by atoms with Crippen LogP contribution in [0.1, 0.15) is 29.2 Å². The maximum absolute atomic E-state index is 13.5. The van der Waals surface area contributed by atoms with E-state index in [2.05, 4.69) is 16.3 Å². The molecule has 1 aliphatic heterocycles. The van der Waals surface area contributed by atoms with Gasteiger partial charge in [0.1, 0.15) is 5.75 Å². The summed E-state index contributed by atoms with van der Waals surface area (Å²) in [4.78, 5) is 7.46. The van der Waals surface area contributed by atoms with Crippen LogP contribution in [0.25, 0.3) is 11.3 Å². The molecular formula is C25H31N3O3S2. The van der Waals surface area contributed by atoms with Crippen LogP contribution in [-0.4, -0.2) is 50.5 Å². The molecule has 1 aromatic heterocycles. The van der Waals surface area contributed by atoms with Gasteiger partial charge in [-0.15, -0.1) is 11.3 Å². The van der Waals surface area contributed by atoms with E-state index in [1.807, 2.05) is 58.9 Å². The summed E-state index contributed by atoms with van der Waals surface area (Å²) in [5.41, 5.74) is 5.69. The number of anilines is 1. The summed E-state index contributed by atoms with van der Waals surface area (Å²) in [6, 6.07) is 10.0. The van der Waals surface area contributed by atoms with Gasteiger partial charge in [0, 0.05) is 37.1 Å². The lowest BCUT2D eigenvalue weighted by atomic mass is 10.0. The molecule has 0 unspecified atom stereocenters. The van der Waals surface area contributed by atoms with Gasteiger partial charge in [-0.05, 0) is 81.1 Å². The van der Waals surface area contributed by atoms with Crippen LogP contribution in [0.2, 0.25) is 0 Å². The summed E-state index contributed by atoms with van der Waals surface area (Å²) in [5, 5.41) is 2.98. The zero-order valence-corrected chi connectivity index (χ0v) is 21.5. The third-order valence-electron chi connectivity index (χ3n) is 6.36. The van der Waals surface area contributed by atoms with Gasteiger partial charge in [0.25, 0.3) is 0 Å². The molecule has 0 N–H and O–H groups in total. The maximum atomic E-state index is 13.5. The quantitative estimate of drug-likeness (QED) is 0.494. The first kappa shape index (κ1) is 23.7. The SMILES string of the molecule is CCOc1ccc(-c2csc(N3CCN(S(=O)(=O)c4c(C)c(C)cc(C)c4C)CC3)n2)cc1. The molecule has 0 saturated carbocycles. The van der Waals surface area contributed by atoms with Crippen LogP contribution in [0.5, 0.6) is 5.75 Å². The summed E-state index contributed by atoms with van der Waals surface area (Å²) in [7, 11) is -3.54. The molecule has 1 fully saturated rings. The van der Waals surface area contributed by atoms with Crippen molar-refractivity contribution in [3.63, 3.8) is 0 Å². The maximum Gasteiger partial charge on any atom is 0.243 e. The number of nitrogens with zero attached hydrogens (tertiary/aromatic N) is 3. The number of thiazole rings is 1. The van der Waals surface area contributed by atoms with Gasteiger partial charge in [-0.2, -0.15) is 4.31 Å². The number of aryl methyl sites for hydroxylation is 2. The lowest BCUT2D eigenvalue weighted by Gasteiger charge is -2.34. The van der Waals surface area contributed by atoms with Crippen LogP contribution < -0.4 is 9.64 Å². The molecule has 0 amide bonds. The summed E-state index contributed by atoms with van der Waals surface area (Å²) in [5.74, 6) is 0.850. The molecule has 3 aromatic rings. The Labute approximate surface area is 200 Å². The van der Waals surface area contributed by atoms with Crippen molar-refractivity contribution in [3.8, 4) is 17.0 Å². The van der Waals surface area contributed by atoms with Gasteiger partial charge in [0.05, 0.1) is 17.2 Å². The predicted octanol–water partition coefficient (Wildman–Crippen LogP) is 4.95. The van der Waals surface area contributed by atoms with Gasteiger partial charge in [-0.25, -0.2) is 13.4 Å². The van der Waals surface area contributed by atoms with Crippen molar-refractivity contribution >= 4 is 26.5 Å². The predicted molar refractivity (Wildman–Crippen MR) is 135 cm³/mol. The molecule has 0 atom stereocenters. The minimum atomic E-state index is -3.54. The molecular weight excluding hydrogens is 454 g/mol. The molecule has 0 bridgehead atoms. The molecule has 6 nitrogen and oxygen atoms in total. The second-order valence-electron chi connectivity index (χ2n) is 8.45. The smallest absolute Gasteiger partial charge is 0.243 e. The van der Waals surface area contributed by atoms with Crippen LogP contribution in [0.3, 0.4) is 0 Å². The largest absolute Gasteiger partial charge is 0.494 e. The molecule has 2 heterocycles. The van der Waals surface area contributed by atoms with Crippen molar-refractivity contribution in [3.05, 3.63) is 58.0 Å². The number of sulfonamides is 1. The van der Waals surface area contributed by atoms with E-state index in [0.29, 0.717) is 37.7 Å². The highest BCUT2D eigenvalue weighted by atomic mass is 32.2. The van der Waals surface area contributed by atoms with Gasteiger partial charge >= 0.3 is 0 Å². The van der Waals surface area contributed by atoms with Crippen molar-refractivity contribution in [2.45, 2.75) is 39.5 Å². The van der Waals surface area contributed by atoms with Crippen LogP contribution in [0.15, 0.2) is 40.6 Å². The Kier molecular flexibility index (Phi) is 6.79. The van der Waals surface area contributed by atoms with E-state index in [9.17, 15) is 8.42 Å². The monoisotopic (exact) mass is 485 g/mol. The Morgan fingerprint density at radius 3 is 2.15 bits per heavy atom. The zero-order valence-electron chi connectivity index (χ0n) is 19.9. The first-order chi connectivity index (χ1) is 15.7. The van der Waals surface area contributed by atoms with Crippen molar-refractivity contribution in [2.24, 2.45) is 0 Å². The lowest BCUT2D eigenvalue weighted by Crippen LogP contribution is -2.49. The number of rotatable bonds is 6. The molecule has 1 aliphatic rings. The minimum absolute atomic E-state index is 0.451. The van der Waals surface area contributed by atoms with Crippen LogP contribution in [0.4, 0.5) is 5.13 Å². The lowest BCUT2D eigenvalue weighted by molar-refractivity contribution is 0.340. The number of ether oxygens (including phenoxy) is 1. The molecule has 8 heteroatoms. The molecule has 4 rings (SSSR count). The van der Waals surface area contributed by atoms with Gasteiger partial charge in [-0.3, -0.25) is 0 Å². The molecule has 0 spiro atoms. The fraction of sp³-hybridized carbons (Fsp3) is 0.400. The number of hydrogen-bond donors (Lipinski definition) is 0. The fourth-order valence-electron chi connectivity index (χ4n) is 4.25. The van der Waals surface area contributed by atoms with Crippen molar-refractivity contribution < 1.29 is 13.2 Å². The zero-order chi connectivity index (χ0) is 23.8. The van der Waals surface area contributed by atoms with E-state index >= 15 is 0 Å². The third kappa shape index (κ3) is 4.65. The Morgan fingerprint density at radius 1 is 0.970 bits per heavy atom. The highest BCUT2D eigenvalue weighted by molar-refractivity contribution is 7.89. The average molecular weight is 486 g/mol. The molecule has 1 saturated heterocycles. The molecule has 0 aliphatic carbocycles. The Morgan fingerprint density at radius 2 is 1.58 bits per heavy atom. The van der Waals surface area contributed by atoms with E-state index in [0.717, 1.165) is 44.4 Å². The highest BCUT2D eigenvalue weighted by Gasteiger charge is 2.32. The van der Waals surface area contributed by atoms with Crippen LogP contribution in [-0.2, 0) is 10.0 Å². The molecule has 2 aromatic carbocycles. The summed E-state index contributed by atoms with van der Waals surface area (Å²) in [6.45, 7) is 12.5. The molecule has 33 heavy (non-hydrogen) atoms. The normalized spacial score (nSPS) is 15.1.